The second kappa shape index (κ2) is 3.10. The largest absolute Gasteiger partial charge is 0.497 e. The molecule has 0 amide bonds. The summed E-state index contributed by atoms with van der Waals surface area (Å²) in [6.07, 6.45) is 1.36. The first kappa shape index (κ1) is 8.96. The van der Waals surface area contributed by atoms with E-state index < -0.39 is 0 Å². The number of hydrogen-bond acceptors (Lipinski definition) is 4. The number of H-pyrrole nitrogens is 1. The van der Waals surface area contributed by atoms with Crippen LogP contribution in [0.5, 0.6) is 5.75 Å². The molecule has 5 heteroatoms. The smallest absolute Gasteiger partial charge is 0.294 e. The summed E-state index contributed by atoms with van der Waals surface area (Å²) >= 11 is 0. The first-order chi connectivity index (χ1) is 7.79. The summed E-state index contributed by atoms with van der Waals surface area (Å²) in [5, 5.41) is 0.778. The third kappa shape index (κ3) is 1.11. The lowest BCUT2D eigenvalue weighted by atomic mass is 10.2. The van der Waals surface area contributed by atoms with Gasteiger partial charge in [0.15, 0.2) is 0 Å². The minimum Gasteiger partial charge on any atom is -0.497 e. The van der Waals surface area contributed by atoms with Gasteiger partial charge in [0.1, 0.15) is 16.8 Å². The molecular formula is C11H8N2O3. The fraction of sp³-hybridized carbons (Fsp3) is 0.0909. The molecule has 0 aliphatic carbocycles. The van der Waals surface area contributed by atoms with Crippen LogP contribution in [-0.2, 0) is 0 Å². The van der Waals surface area contributed by atoms with Crippen LogP contribution in [0.3, 0.4) is 0 Å². The van der Waals surface area contributed by atoms with Gasteiger partial charge in [-0.25, -0.2) is 4.98 Å². The fourth-order valence-corrected chi connectivity index (χ4v) is 1.69. The second-order valence-electron chi connectivity index (χ2n) is 3.37. The van der Waals surface area contributed by atoms with Crippen LogP contribution in [0.1, 0.15) is 0 Å². The number of furan rings is 1. The van der Waals surface area contributed by atoms with Crippen LogP contribution in [0.25, 0.3) is 22.1 Å². The predicted octanol–water partition coefficient (Wildman–Crippen LogP) is 1.68. The number of nitrogens with one attached hydrogen (secondary N) is 1. The van der Waals surface area contributed by atoms with Crippen LogP contribution in [0.15, 0.2) is 33.7 Å². The van der Waals surface area contributed by atoms with E-state index in [0.717, 1.165) is 5.39 Å². The fourth-order valence-electron chi connectivity index (χ4n) is 1.69. The monoisotopic (exact) mass is 216 g/mol. The SMILES string of the molecule is COc1ccc2oc3c(=O)[nH]cnc3c2c1. The van der Waals surface area contributed by atoms with Crippen LogP contribution in [0, 0.1) is 0 Å². The minimum absolute atomic E-state index is 0.241. The van der Waals surface area contributed by atoms with Crippen molar-refractivity contribution in [1.29, 1.82) is 0 Å². The Balaban J connectivity index is 2.52. The Hall–Kier alpha value is -2.30. The van der Waals surface area contributed by atoms with Crippen LogP contribution in [-0.4, -0.2) is 17.1 Å². The number of benzene rings is 1. The van der Waals surface area contributed by atoms with E-state index in [1.54, 1.807) is 25.3 Å². The van der Waals surface area contributed by atoms with E-state index in [9.17, 15) is 4.79 Å². The van der Waals surface area contributed by atoms with Gasteiger partial charge in [0.05, 0.1) is 18.8 Å². The molecule has 16 heavy (non-hydrogen) atoms. The van der Waals surface area contributed by atoms with Gasteiger partial charge in [0.2, 0.25) is 5.58 Å². The van der Waals surface area contributed by atoms with Crippen LogP contribution >= 0.6 is 0 Å². The average molecular weight is 216 g/mol. The molecule has 0 radical (unpaired) electrons. The van der Waals surface area contributed by atoms with Crippen LogP contribution in [0.4, 0.5) is 0 Å². The van der Waals surface area contributed by atoms with Crippen molar-refractivity contribution in [3.63, 3.8) is 0 Å². The number of aromatic nitrogens is 2. The van der Waals surface area contributed by atoms with E-state index in [-0.39, 0.29) is 11.1 Å². The molecule has 0 aliphatic rings. The molecule has 0 bridgehead atoms. The van der Waals surface area contributed by atoms with Gasteiger partial charge in [-0.2, -0.15) is 0 Å². The maximum atomic E-state index is 11.5. The average Bonchev–Trinajstić information content (AvgIpc) is 2.68. The number of methoxy groups -OCH3 is 1. The van der Waals surface area contributed by atoms with Gasteiger partial charge >= 0.3 is 0 Å². The van der Waals surface area contributed by atoms with Crippen LogP contribution in [0.2, 0.25) is 0 Å². The molecule has 0 atom stereocenters. The first-order valence-electron chi connectivity index (χ1n) is 4.73. The van der Waals surface area contributed by atoms with E-state index in [2.05, 4.69) is 9.97 Å². The highest BCUT2D eigenvalue weighted by molar-refractivity contribution is 6.02. The van der Waals surface area contributed by atoms with E-state index in [1.807, 2.05) is 0 Å². The quantitative estimate of drug-likeness (QED) is 0.671. The molecule has 2 aromatic heterocycles. The van der Waals surface area contributed by atoms with Gasteiger partial charge in [-0.05, 0) is 18.2 Å². The van der Waals surface area contributed by atoms with Gasteiger partial charge in [-0.1, -0.05) is 0 Å². The zero-order valence-corrected chi connectivity index (χ0v) is 8.48. The van der Waals surface area contributed by atoms with Gasteiger partial charge in [0.25, 0.3) is 5.56 Å². The third-order valence-electron chi connectivity index (χ3n) is 2.46. The number of nitrogens with zero attached hydrogens (tertiary/aromatic N) is 1. The molecule has 3 aromatic rings. The highest BCUT2D eigenvalue weighted by Crippen LogP contribution is 2.27. The second-order valence-corrected chi connectivity index (χ2v) is 3.37. The Morgan fingerprint density at radius 1 is 1.44 bits per heavy atom. The Labute approximate surface area is 89.7 Å². The summed E-state index contributed by atoms with van der Waals surface area (Å²) in [6.45, 7) is 0. The number of rotatable bonds is 1. The van der Waals surface area contributed by atoms with Crippen molar-refractivity contribution in [3.05, 3.63) is 34.9 Å². The Morgan fingerprint density at radius 3 is 3.12 bits per heavy atom. The summed E-state index contributed by atoms with van der Waals surface area (Å²) in [5.41, 5.74) is 1.14. The molecule has 3 rings (SSSR count). The third-order valence-corrected chi connectivity index (χ3v) is 2.46. The predicted molar refractivity (Wildman–Crippen MR) is 58.7 cm³/mol. The van der Waals surface area contributed by atoms with Crippen molar-refractivity contribution in [2.45, 2.75) is 0 Å². The molecule has 2 heterocycles. The van der Waals surface area contributed by atoms with Crippen molar-refractivity contribution in [3.8, 4) is 5.75 Å². The van der Waals surface area contributed by atoms with Crippen molar-refractivity contribution in [2.75, 3.05) is 7.11 Å². The number of fused-ring (bicyclic) bond motifs is 3. The molecule has 0 saturated heterocycles. The highest BCUT2D eigenvalue weighted by atomic mass is 16.5. The zero-order valence-electron chi connectivity index (χ0n) is 8.48. The zero-order chi connectivity index (χ0) is 11.1. The van der Waals surface area contributed by atoms with Crippen molar-refractivity contribution < 1.29 is 9.15 Å². The standard InChI is InChI=1S/C11H8N2O3/c1-15-6-2-3-8-7(4-6)9-10(16-8)11(14)13-5-12-9/h2-5H,1H3,(H,12,13,14). The van der Waals surface area contributed by atoms with E-state index in [1.165, 1.54) is 6.33 Å². The lowest BCUT2D eigenvalue weighted by molar-refractivity contribution is 0.415. The Kier molecular flexibility index (Phi) is 1.73. The van der Waals surface area contributed by atoms with Gasteiger partial charge in [-0.15, -0.1) is 0 Å². The molecule has 0 fully saturated rings. The van der Waals surface area contributed by atoms with Gasteiger partial charge in [-0.3, -0.25) is 4.79 Å². The summed E-state index contributed by atoms with van der Waals surface area (Å²) in [4.78, 5) is 18.1. The maximum absolute atomic E-state index is 11.5. The molecule has 0 unspecified atom stereocenters. The first-order valence-corrected chi connectivity index (χ1v) is 4.73. The number of ether oxygens (including phenoxy) is 1. The van der Waals surface area contributed by atoms with E-state index in [0.29, 0.717) is 16.8 Å². The molecule has 0 saturated carbocycles. The normalized spacial score (nSPS) is 11.1. The van der Waals surface area contributed by atoms with Gasteiger partial charge < -0.3 is 14.1 Å². The Bertz CT molecular complexity index is 727. The molecule has 5 nitrogen and oxygen atoms in total. The summed E-state index contributed by atoms with van der Waals surface area (Å²) in [5.74, 6) is 0.706. The van der Waals surface area contributed by atoms with Crippen molar-refractivity contribution >= 4 is 22.1 Å². The molecule has 80 valence electrons. The van der Waals surface area contributed by atoms with E-state index >= 15 is 0 Å². The number of aromatic amines is 1. The summed E-state index contributed by atoms with van der Waals surface area (Å²) < 4.78 is 10.5. The number of hydrogen-bond donors (Lipinski definition) is 1. The molecule has 1 N–H and O–H groups in total. The minimum atomic E-state index is -0.278. The highest BCUT2D eigenvalue weighted by Gasteiger charge is 2.11. The van der Waals surface area contributed by atoms with Crippen LogP contribution < -0.4 is 10.3 Å². The van der Waals surface area contributed by atoms with Crippen molar-refractivity contribution in [1.82, 2.24) is 9.97 Å². The molecule has 0 aliphatic heterocycles. The van der Waals surface area contributed by atoms with E-state index in [4.69, 9.17) is 9.15 Å². The van der Waals surface area contributed by atoms with Crippen molar-refractivity contribution in [2.24, 2.45) is 0 Å². The lowest BCUT2D eigenvalue weighted by Crippen LogP contribution is -2.03. The van der Waals surface area contributed by atoms with Gasteiger partial charge in [0, 0.05) is 0 Å². The maximum Gasteiger partial charge on any atom is 0.294 e. The topological polar surface area (TPSA) is 68.1 Å². The molecule has 1 aromatic carbocycles. The summed E-state index contributed by atoms with van der Waals surface area (Å²) in [6, 6.07) is 5.34. The molecule has 0 spiro atoms. The Morgan fingerprint density at radius 2 is 2.31 bits per heavy atom. The summed E-state index contributed by atoms with van der Waals surface area (Å²) in [7, 11) is 1.59. The molecular weight excluding hydrogens is 208 g/mol. The lowest BCUT2D eigenvalue weighted by Gasteiger charge is -1.97.